The van der Waals surface area contributed by atoms with Crippen molar-refractivity contribution in [3.63, 3.8) is 0 Å². The van der Waals surface area contributed by atoms with Crippen LogP contribution in [0.25, 0.3) is 0 Å². The summed E-state index contributed by atoms with van der Waals surface area (Å²) in [5.41, 5.74) is -0.252. The van der Waals surface area contributed by atoms with Crippen molar-refractivity contribution in [3.8, 4) is 0 Å². The Morgan fingerprint density at radius 2 is 1.79 bits per heavy atom. The smallest absolute Gasteiger partial charge is 0.331 e. The number of rotatable bonds is 6. The van der Waals surface area contributed by atoms with E-state index < -0.39 is 18.2 Å². The van der Waals surface area contributed by atoms with Gasteiger partial charge < -0.3 is 20.4 Å². The van der Waals surface area contributed by atoms with Crippen LogP contribution in [0.15, 0.2) is 11.6 Å². The lowest BCUT2D eigenvalue weighted by atomic mass is 10.1. The minimum atomic E-state index is -1.49. The lowest BCUT2D eigenvalue weighted by molar-refractivity contribution is -0.135. The van der Waals surface area contributed by atoms with Gasteiger partial charge in [-0.25, -0.2) is 9.59 Å². The van der Waals surface area contributed by atoms with E-state index in [2.05, 4.69) is 0 Å². The number of carboxylic acids is 2. The molecule has 0 aliphatic heterocycles. The molecule has 0 saturated carbocycles. The van der Waals surface area contributed by atoms with Gasteiger partial charge in [-0.2, -0.15) is 0 Å². The van der Waals surface area contributed by atoms with Gasteiger partial charge in [-0.3, -0.25) is 0 Å². The van der Waals surface area contributed by atoms with Crippen molar-refractivity contribution in [1.82, 2.24) is 0 Å². The largest absolute Gasteiger partial charge is 0.478 e. The molecule has 0 aliphatic carbocycles. The highest BCUT2D eigenvalue weighted by Crippen LogP contribution is 2.08. The number of aliphatic hydroxyl groups is 2. The van der Waals surface area contributed by atoms with Gasteiger partial charge in [0.05, 0.1) is 0 Å². The summed E-state index contributed by atoms with van der Waals surface area (Å²) in [6.45, 7) is 0. The van der Waals surface area contributed by atoms with E-state index in [1.54, 1.807) is 0 Å². The molecular formula is C8H12O6. The molecule has 0 saturated heterocycles. The molecule has 0 radical (unpaired) electrons. The standard InChI is InChI=1S/C8H12O6/c9-6(10)3-1-2-5(8(13)14)4-7(11)12/h4,6,9-10H,1-3H2,(H,11,12)(H,13,14). The average Bonchev–Trinajstić information content (AvgIpc) is 2.00. The number of aliphatic carboxylic acids is 2. The normalized spacial score (nSPS) is 11.8. The Hall–Kier alpha value is -1.40. The summed E-state index contributed by atoms with van der Waals surface area (Å²) >= 11 is 0. The molecule has 0 fully saturated rings. The summed E-state index contributed by atoms with van der Waals surface area (Å²) in [7, 11) is 0. The summed E-state index contributed by atoms with van der Waals surface area (Å²) in [4.78, 5) is 20.6. The third-order valence-corrected chi connectivity index (χ3v) is 1.48. The van der Waals surface area contributed by atoms with E-state index in [9.17, 15) is 9.59 Å². The Bertz CT molecular complexity index is 242. The van der Waals surface area contributed by atoms with Crippen molar-refractivity contribution >= 4 is 11.9 Å². The Kier molecular flexibility index (Phi) is 5.50. The van der Waals surface area contributed by atoms with E-state index in [1.165, 1.54) is 0 Å². The van der Waals surface area contributed by atoms with Crippen LogP contribution < -0.4 is 0 Å². The van der Waals surface area contributed by atoms with E-state index in [4.69, 9.17) is 20.4 Å². The average molecular weight is 204 g/mol. The first kappa shape index (κ1) is 12.6. The molecule has 4 N–H and O–H groups in total. The highest BCUT2D eigenvalue weighted by Gasteiger charge is 2.09. The van der Waals surface area contributed by atoms with Crippen LogP contribution in [0.1, 0.15) is 19.3 Å². The van der Waals surface area contributed by atoms with Gasteiger partial charge in [0, 0.05) is 11.6 Å². The van der Waals surface area contributed by atoms with Gasteiger partial charge in [-0.1, -0.05) is 0 Å². The fraction of sp³-hybridized carbons (Fsp3) is 0.500. The Balaban J connectivity index is 4.12. The second-order valence-corrected chi connectivity index (χ2v) is 2.69. The van der Waals surface area contributed by atoms with Crippen molar-refractivity contribution in [2.45, 2.75) is 25.6 Å². The zero-order valence-corrected chi connectivity index (χ0v) is 7.38. The molecule has 0 rings (SSSR count). The van der Waals surface area contributed by atoms with E-state index in [-0.39, 0.29) is 24.8 Å². The van der Waals surface area contributed by atoms with Crippen LogP contribution in [0.3, 0.4) is 0 Å². The second-order valence-electron chi connectivity index (χ2n) is 2.69. The molecule has 0 aromatic carbocycles. The fourth-order valence-electron chi connectivity index (χ4n) is 0.865. The zero-order valence-electron chi connectivity index (χ0n) is 7.38. The lowest BCUT2D eigenvalue weighted by Crippen LogP contribution is -2.07. The molecule has 0 unspecified atom stereocenters. The molecule has 0 bridgehead atoms. The molecule has 0 heterocycles. The lowest BCUT2D eigenvalue weighted by Gasteiger charge is -2.03. The molecule has 6 heteroatoms. The predicted octanol–water partition coefficient (Wildman–Crippen LogP) is -0.437. The quantitative estimate of drug-likeness (QED) is 0.344. The van der Waals surface area contributed by atoms with Crippen molar-refractivity contribution < 1.29 is 30.0 Å². The maximum atomic E-state index is 10.5. The third-order valence-electron chi connectivity index (χ3n) is 1.48. The molecule has 0 aromatic rings. The summed E-state index contributed by atoms with van der Waals surface area (Å²) in [5, 5.41) is 33.7. The molecule has 6 nitrogen and oxygen atoms in total. The van der Waals surface area contributed by atoms with Gasteiger partial charge in [-0.15, -0.1) is 0 Å². The predicted molar refractivity (Wildman–Crippen MR) is 45.4 cm³/mol. The molecule has 0 aliphatic rings. The van der Waals surface area contributed by atoms with Gasteiger partial charge in [0.25, 0.3) is 0 Å². The Labute approximate surface area is 80.1 Å². The number of aliphatic hydroxyl groups excluding tert-OH is 1. The first-order chi connectivity index (χ1) is 6.43. The van der Waals surface area contributed by atoms with E-state index in [0.29, 0.717) is 6.08 Å². The second kappa shape index (κ2) is 6.11. The van der Waals surface area contributed by atoms with Crippen LogP contribution >= 0.6 is 0 Å². The number of hydrogen-bond acceptors (Lipinski definition) is 4. The van der Waals surface area contributed by atoms with Crippen molar-refractivity contribution in [2.24, 2.45) is 0 Å². The van der Waals surface area contributed by atoms with Gasteiger partial charge >= 0.3 is 11.9 Å². The number of hydrogen-bond donors (Lipinski definition) is 4. The van der Waals surface area contributed by atoms with Gasteiger partial charge in [0.15, 0.2) is 6.29 Å². The Morgan fingerprint density at radius 1 is 1.21 bits per heavy atom. The van der Waals surface area contributed by atoms with Crippen molar-refractivity contribution in [2.75, 3.05) is 0 Å². The first-order valence-corrected chi connectivity index (χ1v) is 3.96. The molecular weight excluding hydrogens is 192 g/mol. The Morgan fingerprint density at radius 3 is 2.14 bits per heavy atom. The van der Waals surface area contributed by atoms with Crippen molar-refractivity contribution in [3.05, 3.63) is 11.6 Å². The summed E-state index contributed by atoms with van der Waals surface area (Å²) < 4.78 is 0. The van der Waals surface area contributed by atoms with Gasteiger partial charge in [0.2, 0.25) is 0 Å². The monoisotopic (exact) mass is 204 g/mol. The number of carbonyl (C=O) groups is 2. The SMILES string of the molecule is O=C(O)C=C(CCCC(O)O)C(=O)O. The number of carboxylic acid groups (broad SMARTS) is 2. The van der Waals surface area contributed by atoms with Crippen LogP contribution in [-0.4, -0.2) is 38.7 Å². The van der Waals surface area contributed by atoms with Crippen LogP contribution in [0.2, 0.25) is 0 Å². The molecule has 0 amide bonds. The van der Waals surface area contributed by atoms with Crippen LogP contribution in [0.5, 0.6) is 0 Å². The van der Waals surface area contributed by atoms with E-state index >= 15 is 0 Å². The van der Waals surface area contributed by atoms with E-state index in [1.807, 2.05) is 0 Å². The fourth-order valence-corrected chi connectivity index (χ4v) is 0.865. The molecule has 80 valence electrons. The topological polar surface area (TPSA) is 115 Å². The summed E-state index contributed by atoms with van der Waals surface area (Å²) in [5.74, 6) is -2.63. The van der Waals surface area contributed by atoms with Crippen LogP contribution in [-0.2, 0) is 9.59 Å². The maximum Gasteiger partial charge on any atom is 0.331 e. The zero-order chi connectivity index (χ0) is 11.1. The summed E-state index contributed by atoms with van der Waals surface area (Å²) in [6.07, 6.45) is -0.659. The highest BCUT2D eigenvalue weighted by atomic mass is 16.5. The third kappa shape index (κ3) is 6.15. The van der Waals surface area contributed by atoms with Crippen LogP contribution in [0, 0.1) is 0 Å². The highest BCUT2D eigenvalue weighted by molar-refractivity contribution is 5.94. The molecule has 0 atom stereocenters. The minimum Gasteiger partial charge on any atom is -0.478 e. The van der Waals surface area contributed by atoms with Crippen molar-refractivity contribution in [1.29, 1.82) is 0 Å². The minimum absolute atomic E-state index is 0.000741. The van der Waals surface area contributed by atoms with Crippen LogP contribution in [0.4, 0.5) is 0 Å². The maximum absolute atomic E-state index is 10.5. The summed E-state index contributed by atoms with van der Waals surface area (Å²) in [6, 6.07) is 0. The van der Waals surface area contributed by atoms with Gasteiger partial charge in [0.1, 0.15) is 0 Å². The first-order valence-electron chi connectivity index (χ1n) is 3.96. The molecule has 14 heavy (non-hydrogen) atoms. The molecule has 0 aromatic heterocycles. The molecule has 0 spiro atoms. The van der Waals surface area contributed by atoms with E-state index in [0.717, 1.165) is 0 Å². The van der Waals surface area contributed by atoms with Gasteiger partial charge in [-0.05, 0) is 19.3 Å².